The molecule has 1 fully saturated rings. The van der Waals surface area contributed by atoms with Gasteiger partial charge in [-0.1, -0.05) is 18.2 Å². The summed E-state index contributed by atoms with van der Waals surface area (Å²) in [5.74, 6) is 1.24. The highest BCUT2D eigenvalue weighted by atomic mass is 19.4. The Kier molecular flexibility index (Phi) is 6.44. The zero-order chi connectivity index (χ0) is 20.1. The van der Waals surface area contributed by atoms with Crippen LogP contribution >= 0.6 is 0 Å². The van der Waals surface area contributed by atoms with E-state index in [0.29, 0.717) is 24.6 Å². The standard InChI is InChI=1S/C21H25F3N2O2/c1-25-20(27)19-10-9-18(28-19)14-26-11-3-5-16(13-26)8-7-15-4-2-6-17(12-15)21(22,23)24/h2,4,6,9-10,12,16H,3,5,7-8,11,13-14H2,1H3,(H,25,27)/t16-/m0/s1. The fraction of sp³-hybridized carbons (Fsp3) is 0.476. The molecule has 28 heavy (non-hydrogen) atoms. The monoisotopic (exact) mass is 394 g/mol. The predicted octanol–water partition coefficient (Wildman–Crippen LogP) is 4.50. The summed E-state index contributed by atoms with van der Waals surface area (Å²) in [7, 11) is 1.56. The SMILES string of the molecule is CNC(=O)c1ccc(CN2CCC[C@@H](CCc3cccc(C(F)(F)F)c3)C2)o1. The van der Waals surface area contributed by atoms with Crippen molar-refractivity contribution in [2.75, 3.05) is 20.1 Å². The maximum Gasteiger partial charge on any atom is 0.416 e. The van der Waals surface area contributed by atoms with E-state index >= 15 is 0 Å². The summed E-state index contributed by atoms with van der Waals surface area (Å²) in [6.07, 6.45) is -0.662. The van der Waals surface area contributed by atoms with E-state index in [2.05, 4.69) is 10.2 Å². The molecule has 1 aliphatic rings. The first-order chi connectivity index (χ1) is 13.3. The van der Waals surface area contributed by atoms with Crippen LogP contribution in [0.5, 0.6) is 0 Å². The third-order valence-electron chi connectivity index (χ3n) is 5.19. The van der Waals surface area contributed by atoms with Crippen LogP contribution in [-0.2, 0) is 19.1 Å². The van der Waals surface area contributed by atoms with E-state index in [1.165, 1.54) is 12.1 Å². The second-order valence-electron chi connectivity index (χ2n) is 7.33. The van der Waals surface area contributed by atoms with Crippen molar-refractivity contribution >= 4 is 5.91 Å². The summed E-state index contributed by atoms with van der Waals surface area (Å²) in [5, 5.41) is 2.53. The lowest BCUT2D eigenvalue weighted by atomic mass is 9.91. The zero-order valence-electron chi connectivity index (χ0n) is 15.9. The Morgan fingerprint density at radius 2 is 2.11 bits per heavy atom. The molecule has 1 aliphatic heterocycles. The van der Waals surface area contributed by atoms with Gasteiger partial charge in [0.2, 0.25) is 0 Å². The van der Waals surface area contributed by atoms with Gasteiger partial charge >= 0.3 is 6.18 Å². The van der Waals surface area contributed by atoms with Crippen LogP contribution in [0.3, 0.4) is 0 Å². The van der Waals surface area contributed by atoms with Gasteiger partial charge in [0, 0.05) is 13.6 Å². The number of furan rings is 1. The maximum absolute atomic E-state index is 12.9. The lowest BCUT2D eigenvalue weighted by molar-refractivity contribution is -0.137. The molecule has 0 spiro atoms. The summed E-state index contributed by atoms with van der Waals surface area (Å²) in [6.45, 7) is 2.47. The van der Waals surface area contributed by atoms with Crippen molar-refractivity contribution in [3.63, 3.8) is 0 Å². The van der Waals surface area contributed by atoms with Crippen LogP contribution in [0.15, 0.2) is 40.8 Å². The molecule has 1 N–H and O–H groups in total. The number of rotatable bonds is 6. The van der Waals surface area contributed by atoms with Crippen LogP contribution in [0.2, 0.25) is 0 Å². The Morgan fingerprint density at radius 3 is 2.86 bits per heavy atom. The van der Waals surface area contributed by atoms with E-state index in [-0.39, 0.29) is 5.91 Å². The van der Waals surface area contributed by atoms with E-state index in [0.717, 1.165) is 49.7 Å². The Morgan fingerprint density at radius 1 is 1.29 bits per heavy atom. The maximum atomic E-state index is 12.9. The number of amides is 1. The number of piperidine rings is 1. The van der Waals surface area contributed by atoms with E-state index < -0.39 is 11.7 Å². The van der Waals surface area contributed by atoms with Crippen molar-refractivity contribution in [2.45, 2.75) is 38.4 Å². The number of halogens is 3. The van der Waals surface area contributed by atoms with Gasteiger partial charge in [0.05, 0.1) is 12.1 Å². The van der Waals surface area contributed by atoms with E-state index in [9.17, 15) is 18.0 Å². The van der Waals surface area contributed by atoms with Gasteiger partial charge in [0.15, 0.2) is 5.76 Å². The third kappa shape index (κ3) is 5.38. The van der Waals surface area contributed by atoms with Gasteiger partial charge in [0.1, 0.15) is 5.76 Å². The minimum atomic E-state index is -4.30. The molecular weight excluding hydrogens is 369 g/mol. The fourth-order valence-electron chi connectivity index (χ4n) is 3.73. The van der Waals surface area contributed by atoms with Gasteiger partial charge in [-0.15, -0.1) is 0 Å². The summed E-state index contributed by atoms with van der Waals surface area (Å²) < 4.78 is 44.2. The molecule has 0 bridgehead atoms. The zero-order valence-corrected chi connectivity index (χ0v) is 15.9. The number of nitrogens with zero attached hydrogens (tertiary/aromatic N) is 1. The number of aryl methyl sites for hydroxylation is 1. The van der Waals surface area contributed by atoms with Gasteiger partial charge in [-0.25, -0.2) is 0 Å². The Balaban J connectivity index is 1.52. The topological polar surface area (TPSA) is 45.5 Å². The summed E-state index contributed by atoms with van der Waals surface area (Å²) in [5.41, 5.74) is 0.146. The van der Waals surface area contributed by atoms with E-state index in [1.807, 2.05) is 6.07 Å². The molecule has 7 heteroatoms. The smallest absolute Gasteiger partial charge is 0.416 e. The molecule has 1 atom stereocenters. The van der Waals surface area contributed by atoms with Gasteiger partial charge in [-0.2, -0.15) is 13.2 Å². The molecule has 2 aromatic rings. The molecule has 1 amide bonds. The number of nitrogens with one attached hydrogen (secondary N) is 1. The second-order valence-corrected chi connectivity index (χ2v) is 7.33. The fourth-order valence-corrected chi connectivity index (χ4v) is 3.73. The molecule has 0 saturated carbocycles. The van der Waals surface area contributed by atoms with Crippen molar-refractivity contribution < 1.29 is 22.4 Å². The summed E-state index contributed by atoms with van der Waals surface area (Å²) in [6, 6.07) is 9.09. The number of alkyl halides is 3. The number of carbonyl (C=O) groups excluding carboxylic acids is 1. The first kappa shape index (κ1) is 20.5. The van der Waals surface area contributed by atoms with Gasteiger partial charge in [-0.3, -0.25) is 9.69 Å². The highest BCUT2D eigenvalue weighted by Crippen LogP contribution is 2.30. The first-order valence-electron chi connectivity index (χ1n) is 9.54. The number of hydrogen-bond donors (Lipinski definition) is 1. The molecule has 1 aromatic heterocycles. The Labute approximate surface area is 162 Å². The molecule has 0 radical (unpaired) electrons. The molecule has 152 valence electrons. The second kappa shape index (κ2) is 8.82. The van der Waals surface area contributed by atoms with E-state index in [4.69, 9.17) is 4.42 Å². The molecule has 4 nitrogen and oxygen atoms in total. The molecular formula is C21H25F3N2O2. The molecule has 3 rings (SSSR count). The largest absolute Gasteiger partial charge is 0.455 e. The van der Waals surface area contributed by atoms with Crippen LogP contribution in [0.4, 0.5) is 13.2 Å². The first-order valence-corrected chi connectivity index (χ1v) is 9.54. The number of hydrogen-bond acceptors (Lipinski definition) is 3. The van der Waals surface area contributed by atoms with Crippen LogP contribution in [0.25, 0.3) is 0 Å². The normalized spacial score (nSPS) is 18.2. The predicted molar refractivity (Wildman–Crippen MR) is 99.9 cm³/mol. The average Bonchev–Trinajstić information content (AvgIpc) is 3.14. The van der Waals surface area contributed by atoms with Crippen LogP contribution in [-0.4, -0.2) is 30.9 Å². The van der Waals surface area contributed by atoms with Crippen molar-refractivity contribution in [3.8, 4) is 0 Å². The van der Waals surface area contributed by atoms with Crippen molar-refractivity contribution in [3.05, 3.63) is 59.0 Å². The summed E-state index contributed by atoms with van der Waals surface area (Å²) in [4.78, 5) is 13.9. The van der Waals surface area contributed by atoms with Gasteiger partial charge in [0.25, 0.3) is 5.91 Å². The number of carbonyl (C=O) groups is 1. The van der Waals surface area contributed by atoms with Crippen molar-refractivity contribution in [1.82, 2.24) is 10.2 Å². The Bertz CT molecular complexity index is 801. The third-order valence-corrected chi connectivity index (χ3v) is 5.19. The van der Waals surface area contributed by atoms with E-state index in [1.54, 1.807) is 19.2 Å². The Hall–Kier alpha value is -2.28. The molecule has 1 saturated heterocycles. The minimum absolute atomic E-state index is 0.246. The van der Waals surface area contributed by atoms with Gasteiger partial charge < -0.3 is 9.73 Å². The molecule has 2 heterocycles. The average molecular weight is 394 g/mol. The molecule has 0 aliphatic carbocycles. The highest BCUT2D eigenvalue weighted by molar-refractivity contribution is 5.91. The van der Waals surface area contributed by atoms with Gasteiger partial charge in [-0.05, 0) is 61.9 Å². The van der Waals surface area contributed by atoms with Crippen molar-refractivity contribution in [1.29, 1.82) is 0 Å². The van der Waals surface area contributed by atoms with Crippen LogP contribution in [0.1, 0.15) is 46.7 Å². The van der Waals surface area contributed by atoms with Crippen molar-refractivity contribution in [2.24, 2.45) is 5.92 Å². The molecule has 0 unspecified atom stereocenters. The van der Waals surface area contributed by atoms with Crippen LogP contribution < -0.4 is 5.32 Å². The number of likely N-dealkylation sites (tertiary alicyclic amines) is 1. The number of benzene rings is 1. The molecule has 1 aromatic carbocycles. The summed E-state index contributed by atoms with van der Waals surface area (Å²) >= 11 is 0. The lowest BCUT2D eigenvalue weighted by Crippen LogP contribution is -2.35. The highest BCUT2D eigenvalue weighted by Gasteiger charge is 2.30. The quantitative estimate of drug-likeness (QED) is 0.785. The minimum Gasteiger partial charge on any atom is -0.455 e. The van der Waals surface area contributed by atoms with Crippen LogP contribution in [0, 0.1) is 5.92 Å². The lowest BCUT2D eigenvalue weighted by Gasteiger charge is -2.32.